The molecule has 1 saturated heterocycles. The lowest BCUT2D eigenvalue weighted by Crippen LogP contribution is -2.47. The minimum atomic E-state index is -0.973. The third-order valence-electron chi connectivity index (χ3n) is 5.16. The van der Waals surface area contributed by atoms with Crippen molar-refractivity contribution >= 4 is 46.0 Å². The van der Waals surface area contributed by atoms with E-state index in [1.807, 2.05) is 4.90 Å². The van der Waals surface area contributed by atoms with Crippen LogP contribution in [0.5, 0.6) is 0 Å². The molecule has 1 unspecified atom stereocenters. The first kappa shape index (κ1) is 20.8. The van der Waals surface area contributed by atoms with Crippen LogP contribution in [0.1, 0.15) is 29.6 Å². The lowest BCUT2D eigenvalue weighted by Gasteiger charge is -2.36. The molecular formula is C21H18Cl2F2N4O. The Balaban J connectivity index is 1.49. The summed E-state index contributed by atoms with van der Waals surface area (Å²) >= 11 is 12.0. The smallest absolute Gasteiger partial charge is 0.254 e. The summed E-state index contributed by atoms with van der Waals surface area (Å²) in [5.74, 6) is -1.61. The average molecular weight is 451 g/mol. The number of likely N-dealkylation sites (tertiary alicyclic amines) is 1. The summed E-state index contributed by atoms with van der Waals surface area (Å²) in [7, 11) is 0. The number of aromatic nitrogens is 2. The fourth-order valence-electron chi connectivity index (χ4n) is 3.59. The van der Waals surface area contributed by atoms with Crippen LogP contribution in [0, 0.1) is 11.6 Å². The number of amides is 1. The van der Waals surface area contributed by atoms with Gasteiger partial charge in [0.25, 0.3) is 5.91 Å². The fourth-order valence-corrected chi connectivity index (χ4v) is 3.89. The molecule has 0 saturated carbocycles. The highest BCUT2D eigenvalue weighted by Gasteiger charge is 2.27. The molecular weight excluding hydrogens is 433 g/mol. The fraction of sp³-hybridized carbons (Fsp3) is 0.286. The zero-order valence-electron chi connectivity index (χ0n) is 15.8. The summed E-state index contributed by atoms with van der Waals surface area (Å²) in [5.41, 5.74) is 1.01. The van der Waals surface area contributed by atoms with Gasteiger partial charge in [0, 0.05) is 36.8 Å². The molecule has 1 aliphatic rings. The van der Waals surface area contributed by atoms with Crippen molar-refractivity contribution in [2.24, 2.45) is 0 Å². The molecule has 156 valence electrons. The zero-order valence-corrected chi connectivity index (χ0v) is 17.4. The van der Waals surface area contributed by atoms with Gasteiger partial charge in [-0.25, -0.2) is 13.8 Å². The predicted octanol–water partition coefficient (Wildman–Crippen LogP) is 5.32. The van der Waals surface area contributed by atoms with Crippen LogP contribution in [0.3, 0.4) is 0 Å². The molecule has 1 aromatic heterocycles. The molecule has 2 aromatic carbocycles. The van der Waals surface area contributed by atoms with Crippen molar-refractivity contribution in [2.75, 3.05) is 18.4 Å². The van der Waals surface area contributed by atoms with Crippen molar-refractivity contribution in [1.29, 1.82) is 0 Å². The molecule has 2 heterocycles. The summed E-state index contributed by atoms with van der Waals surface area (Å²) < 4.78 is 26.8. The van der Waals surface area contributed by atoms with E-state index in [0.717, 1.165) is 31.4 Å². The maximum Gasteiger partial charge on any atom is 0.254 e. The molecule has 0 bridgehead atoms. The number of rotatable bonds is 4. The number of hydrogen-bond acceptors (Lipinski definition) is 4. The predicted molar refractivity (Wildman–Crippen MR) is 113 cm³/mol. The molecule has 3 aromatic rings. The Morgan fingerprint density at radius 3 is 2.63 bits per heavy atom. The molecule has 1 N–H and O–H groups in total. The Morgan fingerprint density at radius 1 is 1.10 bits per heavy atom. The number of carbonyl (C=O) groups is 1. The van der Waals surface area contributed by atoms with Crippen LogP contribution >= 0.6 is 23.2 Å². The molecule has 0 radical (unpaired) electrons. The van der Waals surface area contributed by atoms with Crippen molar-refractivity contribution < 1.29 is 13.6 Å². The lowest BCUT2D eigenvalue weighted by molar-refractivity contribution is 0.0628. The van der Waals surface area contributed by atoms with Crippen molar-refractivity contribution in [2.45, 2.75) is 25.3 Å². The van der Waals surface area contributed by atoms with Gasteiger partial charge in [-0.1, -0.05) is 23.2 Å². The van der Waals surface area contributed by atoms with Gasteiger partial charge in [0.2, 0.25) is 0 Å². The van der Waals surface area contributed by atoms with E-state index in [0.29, 0.717) is 34.5 Å². The second kappa shape index (κ2) is 8.70. The standard InChI is InChI=1S/C21H18Cl2F2N4O/c22-14-5-4-12(7-15(14)23)21(30)29-6-2-1-3-13(29)10-27-20-11-26-18-8-16(24)17(25)9-19(18)28-20/h4-5,7-9,11,13H,1-3,6,10H2,(H,27,28). The van der Waals surface area contributed by atoms with Gasteiger partial charge < -0.3 is 10.2 Å². The van der Waals surface area contributed by atoms with Gasteiger partial charge >= 0.3 is 0 Å². The summed E-state index contributed by atoms with van der Waals surface area (Å²) in [5, 5.41) is 3.90. The number of fused-ring (bicyclic) bond motifs is 1. The molecule has 4 rings (SSSR count). The quantitative estimate of drug-likeness (QED) is 0.583. The molecule has 1 atom stereocenters. The molecule has 30 heavy (non-hydrogen) atoms. The van der Waals surface area contributed by atoms with E-state index in [4.69, 9.17) is 23.2 Å². The third kappa shape index (κ3) is 4.32. The van der Waals surface area contributed by atoms with Crippen LogP contribution in [0.4, 0.5) is 14.6 Å². The summed E-state index contributed by atoms with van der Waals surface area (Å²) in [6.45, 7) is 1.09. The minimum absolute atomic E-state index is 0.0526. The molecule has 1 aliphatic heterocycles. The Bertz CT molecular complexity index is 1110. The van der Waals surface area contributed by atoms with Crippen LogP contribution in [0.2, 0.25) is 10.0 Å². The van der Waals surface area contributed by atoms with Gasteiger partial charge in [-0.05, 0) is 37.5 Å². The number of nitrogens with one attached hydrogen (secondary N) is 1. The number of nitrogens with zero attached hydrogens (tertiary/aromatic N) is 3. The second-order valence-corrected chi connectivity index (χ2v) is 7.98. The summed E-state index contributed by atoms with van der Waals surface area (Å²) in [6.07, 6.45) is 4.23. The highest BCUT2D eigenvalue weighted by molar-refractivity contribution is 6.42. The number of piperidine rings is 1. The van der Waals surface area contributed by atoms with Crippen LogP contribution in [0.15, 0.2) is 36.5 Å². The van der Waals surface area contributed by atoms with Crippen molar-refractivity contribution in [3.8, 4) is 0 Å². The molecule has 1 amide bonds. The van der Waals surface area contributed by atoms with Gasteiger partial charge in [-0.15, -0.1) is 0 Å². The van der Waals surface area contributed by atoms with E-state index in [-0.39, 0.29) is 23.0 Å². The van der Waals surface area contributed by atoms with E-state index in [1.54, 1.807) is 18.2 Å². The Kier molecular flexibility index (Phi) is 6.01. The number of anilines is 1. The van der Waals surface area contributed by atoms with Crippen molar-refractivity contribution in [3.05, 3.63) is 63.8 Å². The topological polar surface area (TPSA) is 58.1 Å². The van der Waals surface area contributed by atoms with Crippen molar-refractivity contribution in [1.82, 2.24) is 14.9 Å². The maximum atomic E-state index is 13.5. The second-order valence-electron chi connectivity index (χ2n) is 7.17. The number of halogens is 4. The van der Waals surface area contributed by atoms with E-state index in [2.05, 4.69) is 15.3 Å². The average Bonchev–Trinajstić information content (AvgIpc) is 2.75. The number of hydrogen-bond donors (Lipinski definition) is 1. The van der Waals surface area contributed by atoms with Crippen LogP contribution in [-0.2, 0) is 0 Å². The van der Waals surface area contributed by atoms with E-state index in [1.165, 1.54) is 6.20 Å². The van der Waals surface area contributed by atoms with Gasteiger partial charge in [-0.2, -0.15) is 0 Å². The zero-order chi connectivity index (χ0) is 21.3. The van der Waals surface area contributed by atoms with Crippen LogP contribution in [0.25, 0.3) is 11.0 Å². The molecule has 0 spiro atoms. The van der Waals surface area contributed by atoms with Gasteiger partial charge in [0.05, 0.1) is 27.3 Å². The van der Waals surface area contributed by atoms with E-state index >= 15 is 0 Å². The Morgan fingerprint density at radius 2 is 1.87 bits per heavy atom. The molecule has 0 aliphatic carbocycles. The van der Waals surface area contributed by atoms with Crippen LogP contribution < -0.4 is 5.32 Å². The lowest BCUT2D eigenvalue weighted by atomic mass is 10.0. The number of benzene rings is 2. The monoisotopic (exact) mass is 450 g/mol. The van der Waals surface area contributed by atoms with Crippen LogP contribution in [-0.4, -0.2) is 39.9 Å². The van der Waals surface area contributed by atoms with E-state index < -0.39 is 11.6 Å². The highest BCUT2D eigenvalue weighted by atomic mass is 35.5. The van der Waals surface area contributed by atoms with Gasteiger partial charge in [0.1, 0.15) is 5.82 Å². The first-order chi connectivity index (χ1) is 14.4. The van der Waals surface area contributed by atoms with Gasteiger partial charge in [0.15, 0.2) is 11.6 Å². The molecule has 5 nitrogen and oxygen atoms in total. The largest absolute Gasteiger partial charge is 0.367 e. The maximum absolute atomic E-state index is 13.5. The Labute approximate surface area is 182 Å². The SMILES string of the molecule is O=C(c1ccc(Cl)c(Cl)c1)N1CCCCC1CNc1cnc2cc(F)c(F)cc2n1. The molecule has 1 fully saturated rings. The highest BCUT2D eigenvalue weighted by Crippen LogP contribution is 2.26. The Hall–Kier alpha value is -2.51. The summed E-state index contributed by atoms with van der Waals surface area (Å²) in [6, 6.07) is 6.83. The normalized spacial score (nSPS) is 16.7. The first-order valence-corrected chi connectivity index (χ1v) is 10.3. The third-order valence-corrected chi connectivity index (χ3v) is 5.90. The number of carbonyl (C=O) groups excluding carboxylic acids is 1. The minimum Gasteiger partial charge on any atom is -0.367 e. The first-order valence-electron chi connectivity index (χ1n) is 9.54. The molecule has 9 heteroatoms. The van der Waals surface area contributed by atoms with E-state index in [9.17, 15) is 13.6 Å². The van der Waals surface area contributed by atoms with Crippen molar-refractivity contribution in [3.63, 3.8) is 0 Å². The van der Waals surface area contributed by atoms with Gasteiger partial charge in [-0.3, -0.25) is 9.78 Å². The summed E-state index contributed by atoms with van der Waals surface area (Å²) in [4.78, 5) is 23.3.